The lowest BCUT2D eigenvalue weighted by molar-refractivity contribution is -0.117. The topological polar surface area (TPSA) is 106 Å². The Labute approximate surface area is 120 Å². The molecule has 1 aromatic rings. The number of rotatable bonds is 2. The Morgan fingerprint density at radius 1 is 1.32 bits per heavy atom. The van der Waals surface area contributed by atoms with Gasteiger partial charge in [0.1, 0.15) is 5.25 Å². The number of amides is 1. The molecular weight excluding hydrogens is 313 g/mol. The highest BCUT2D eigenvalue weighted by Crippen LogP contribution is 2.37. The summed E-state index contributed by atoms with van der Waals surface area (Å²) in [6, 6.07) is 2.88. The lowest BCUT2D eigenvalue weighted by atomic mass is 10.2. The van der Waals surface area contributed by atoms with Crippen molar-refractivity contribution in [1.29, 1.82) is 0 Å². The third-order valence-corrected chi connectivity index (χ3v) is 4.63. The number of nitrogen functional groups attached to an aromatic ring is 1. The lowest BCUT2D eigenvalue weighted by Gasteiger charge is -2.20. The molecule has 0 aromatic heterocycles. The first-order valence-electron chi connectivity index (χ1n) is 5.26. The van der Waals surface area contributed by atoms with Crippen molar-refractivity contribution in [2.75, 3.05) is 17.2 Å². The van der Waals surface area contributed by atoms with E-state index in [4.69, 9.17) is 34.1 Å². The summed E-state index contributed by atoms with van der Waals surface area (Å²) >= 11 is 11.8. The number of hydrogen-bond acceptors (Lipinski definition) is 4. The van der Waals surface area contributed by atoms with E-state index in [9.17, 15) is 13.2 Å². The number of halogens is 2. The molecule has 1 atom stereocenters. The molecule has 0 bridgehead atoms. The van der Waals surface area contributed by atoms with Crippen LogP contribution in [0.15, 0.2) is 12.1 Å². The summed E-state index contributed by atoms with van der Waals surface area (Å²) in [6.07, 6.45) is -0.183. The van der Waals surface area contributed by atoms with E-state index < -0.39 is 21.2 Å². The molecule has 1 aromatic carbocycles. The maximum absolute atomic E-state index is 11.9. The van der Waals surface area contributed by atoms with Crippen molar-refractivity contribution in [3.05, 3.63) is 22.2 Å². The molecule has 1 heterocycles. The van der Waals surface area contributed by atoms with Gasteiger partial charge in [-0.1, -0.05) is 23.2 Å². The molecule has 104 valence electrons. The van der Waals surface area contributed by atoms with Gasteiger partial charge in [-0.3, -0.25) is 4.79 Å². The molecule has 6 nitrogen and oxygen atoms in total. The first-order valence-corrected chi connectivity index (χ1v) is 7.63. The van der Waals surface area contributed by atoms with E-state index in [1.807, 2.05) is 0 Å². The number of hydrogen-bond donors (Lipinski definition) is 2. The summed E-state index contributed by atoms with van der Waals surface area (Å²) in [7, 11) is -3.78. The smallest absolute Gasteiger partial charge is 0.228 e. The van der Waals surface area contributed by atoms with Gasteiger partial charge in [-0.25, -0.2) is 13.6 Å². The van der Waals surface area contributed by atoms with Gasteiger partial charge in [0.05, 0.1) is 16.4 Å². The van der Waals surface area contributed by atoms with Crippen molar-refractivity contribution in [2.24, 2.45) is 5.14 Å². The number of nitrogens with two attached hydrogens (primary N) is 2. The summed E-state index contributed by atoms with van der Waals surface area (Å²) in [5.41, 5.74) is 6.25. The van der Waals surface area contributed by atoms with Gasteiger partial charge in [0.2, 0.25) is 15.9 Å². The molecule has 1 aliphatic heterocycles. The molecule has 1 unspecified atom stereocenters. The molecule has 1 amide bonds. The Morgan fingerprint density at radius 3 is 2.42 bits per heavy atom. The Morgan fingerprint density at radius 2 is 1.95 bits per heavy atom. The van der Waals surface area contributed by atoms with Crippen molar-refractivity contribution in [3.63, 3.8) is 0 Å². The minimum atomic E-state index is -3.78. The third-order valence-electron chi connectivity index (χ3n) is 2.88. The number of anilines is 2. The molecule has 0 radical (unpaired) electrons. The van der Waals surface area contributed by atoms with Gasteiger partial charge in [0.25, 0.3) is 0 Å². The molecule has 19 heavy (non-hydrogen) atoms. The van der Waals surface area contributed by atoms with Crippen LogP contribution in [0.2, 0.25) is 10.0 Å². The predicted molar refractivity (Wildman–Crippen MR) is 74.7 cm³/mol. The van der Waals surface area contributed by atoms with Crippen LogP contribution in [0.1, 0.15) is 6.42 Å². The highest BCUT2D eigenvalue weighted by Gasteiger charge is 2.38. The quantitative estimate of drug-likeness (QED) is 0.790. The fourth-order valence-corrected chi connectivity index (χ4v) is 3.32. The van der Waals surface area contributed by atoms with Crippen LogP contribution in [0.5, 0.6) is 0 Å². The Bertz CT molecular complexity index is 624. The van der Waals surface area contributed by atoms with Gasteiger partial charge in [-0.05, 0) is 12.1 Å². The Kier molecular flexibility index (Phi) is 3.65. The zero-order valence-electron chi connectivity index (χ0n) is 9.64. The van der Waals surface area contributed by atoms with E-state index >= 15 is 0 Å². The number of nitrogens with zero attached hydrogens (tertiary/aromatic N) is 1. The highest BCUT2D eigenvalue weighted by atomic mass is 35.5. The van der Waals surface area contributed by atoms with Crippen molar-refractivity contribution >= 4 is 50.5 Å². The van der Waals surface area contributed by atoms with Crippen molar-refractivity contribution in [1.82, 2.24) is 0 Å². The number of sulfonamides is 1. The van der Waals surface area contributed by atoms with Gasteiger partial charge in [0, 0.05) is 18.0 Å². The zero-order chi connectivity index (χ0) is 14.4. The summed E-state index contributed by atoms with van der Waals surface area (Å²) in [5.74, 6) is -0.394. The molecule has 0 saturated carbocycles. The van der Waals surface area contributed by atoms with Crippen LogP contribution in [-0.4, -0.2) is 26.1 Å². The van der Waals surface area contributed by atoms with Gasteiger partial charge in [0.15, 0.2) is 0 Å². The third kappa shape index (κ3) is 2.79. The Balaban J connectivity index is 2.42. The summed E-state index contributed by atoms with van der Waals surface area (Å²) < 4.78 is 22.6. The number of carbonyl (C=O) groups is 1. The van der Waals surface area contributed by atoms with Crippen molar-refractivity contribution < 1.29 is 13.2 Å². The van der Waals surface area contributed by atoms with Crippen LogP contribution in [-0.2, 0) is 14.8 Å². The van der Waals surface area contributed by atoms with E-state index in [0.717, 1.165) is 0 Å². The second-order valence-corrected chi connectivity index (χ2v) is 6.93. The van der Waals surface area contributed by atoms with E-state index in [0.29, 0.717) is 5.02 Å². The lowest BCUT2D eigenvalue weighted by Crippen LogP contribution is -2.32. The molecular formula is C10H11Cl2N3O3S. The predicted octanol–water partition coefficient (Wildman–Crippen LogP) is 0.969. The minimum Gasteiger partial charge on any atom is -0.397 e. The van der Waals surface area contributed by atoms with Crippen LogP contribution < -0.4 is 15.8 Å². The minimum absolute atomic E-state index is 0.0663. The first kappa shape index (κ1) is 14.4. The van der Waals surface area contributed by atoms with E-state index in [1.165, 1.54) is 17.0 Å². The first-order chi connectivity index (χ1) is 8.70. The maximum Gasteiger partial charge on any atom is 0.228 e. The average Bonchev–Trinajstić information content (AvgIpc) is 2.59. The van der Waals surface area contributed by atoms with E-state index in [2.05, 4.69) is 0 Å². The average molecular weight is 324 g/mol. The van der Waals surface area contributed by atoms with Crippen LogP contribution in [0, 0.1) is 0 Å². The molecule has 1 aliphatic rings. The van der Waals surface area contributed by atoms with Crippen LogP contribution in [0.4, 0.5) is 11.4 Å². The fraction of sp³-hybridized carbons (Fsp3) is 0.300. The van der Waals surface area contributed by atoms with Crippen LogP contribution >= 0.6 is 23.2 Å². The highest BCUT2D eigenvalue weighted by molar-refractivity contribution is 7.89. The standard InChI is InChI=1S/C10H11Cl2N3O3S/c11-5-1-7(12)10(8(13)2-5)15-4-6(3-9(15)16)19(14,17)18/h1-2,6H,3-4,13H2,(H2,14,17,18). The van der Waals surface area contributed by atoms with E-state index in [-0.39, 0.29) is 29.4 Å². The van der Waals surface area contributed by atoms with Gasteiger partial charge in [-0.2, -0.15) is 0 Å². The second kappa shape index (κ2) is 4.82. The summed E-state index contributed by atoms with van der Waals surface area (Å²) in [5, 5.41) is 4.62. The van der Waals surface area contributed by atoms with Gasteiger partial charge >= 0.3 is 0 Å². The Hall–Kier alpha value is -1.02. The van der Waals surface area contributed by atoms with Crippen LogP contribution in [0.3, 0.4) is 0 Å². The summed E-state index contributed by atoms with van der Waals surface area (Å²) in [4.78, 5) is 13.1. The normalized spacial score (nSPS) is 20.1. The molecule has 2 rings (SSSR count). The molecule has 0 spiro atoms. The van der Waals surface area contributed by atoms with E-state index in [1.54, 1.807) is 0 Å². The molecule has 1 fully saturated rings. The molecule has 1 saturated heterocycles. The SMILES string of the molecule is Nc1cc(Cl)cc(Cl)c1N1CC(S(N)(=O)=O)CC1=O. The van der Waals surface area contributed by atoms with Crippen molar-refractivity contribution in [2.45, 2.75) is 11.7 Å². The largest absolute Gasteiger partial charge is 0.397 e. The molecule has 4 N–H and O–H groups in total. The zero-order valence-corrected chi connectivity index (χ0v) is 12.0. The van der Waals surface area contributed by atoms with Crippen molar-refractivity contribution in [3.8, 4) is 0 Å². The van der Waals surface area contributed by atoms with Crippen LogP contribution in [0.25, 0.3) is 0 Å². The number of benzene rings is 1. The maximum atomic E-state index is 11.9. The summed E-state index contributed by atoms with van der Waals surface area (Å²) in [6.45, 7) is -0.0663. The monoisotopic (exact) mass is 323 g/mol. The number of carbonyl (C=O) groups excluding carboxylic acids is 1. The molecule has 9 heteroatoms. The van der Waals surface area contributed by atoms with Gasteiger partial charge in [-0.15, -0.1) is 0 Å². The molecule has 0 aliphatic carbocycles. The van der Waals surface area contributed by atoms with Gasteiger partial charge < -0.3 is 10.6 Å². The second-order valence-electron chi connectivity index (χ2n) is 4.24. The number of primary sulfonamides is 1. The fourth-order valence-electron chi connectivity index (χ4n) is 1.98.